The zero-order valence-corrected chi connectivity index (χ0v) is 21.2. The van der Waals surface area contributed by atoms with Gasteiger partial charge in [0.15, 0.2) is 5.78 Å². The number of nitrogens with one attached hydrogen (secondary N) is 1. The predicted molar refractivity (Wildman–Crippen MR) is 136 cm³/mol. The fourth-order valence-electron chi connectivity index (χ4n) is 5.82. The Hall–Kier alpha value is -2.61. The summed E-state index contributed by atoms with van der Waals surface area (Å²) in [6.45, 7) is 4.07. The molecule has 2 heterocycles. The maximum absolute atomic E-state index is 14.4. The Bertz CT molecular complexity index is 1040. The minimum absolute atomic E-state index is 0.00964. The fraction of sp³-hybridized carbons (Fsp3) is 0.517. The van der Waals surface area contributed by atoms with E-state index in [4.69, 9.17) is 4.74 Å². The first-order valence-corrected chi connectivity index (χ1v) is 12.9. The zero-order chi connectivity index (χ0) is 25.7. The third-order valence-corrected chi connectivity index (χ3v) is 8.09. The summed E-state index contributed by atoms with van der Waals surface area (Å²) in [7, 11) is 1.60. The summed E-state index contributed by atoms with van der Waals surface area (Å²) >= 11 is 0. The molecule has 2 aromatic carbocycles. The number of nitrogens with zero attached hydrogens (tertiary/aromatic N) is 1. The lowest BCUT2D eigenvalue weighted by atomic mass is 9.71. The summed E-state index contributed by atoms with van der Waals surface area (Å²) in [5, 5.41) is 12.8. The van der Waals surface area contributed by atoms with Crippen molar-refractivity contribution in [1.82, 2.24) is 10.2 Å². The molecule has 4 atom stereocenters. The van der Waals surface area contributed by atoms with Gasteiger partial charge < -0.3 is 20.1 Å². The van der Waals surface area contributed by atoms with Gasteiger partial charge in [-0.2, -0.15) is 0 Å². The van der Waals surface area contributed by atoms with Crippen molar-refractivity contribution in [2.75, 3.05) is 39.9 Å². The first-order valence-electron chi connectivity index (χ1n) is 12.9. The molecule has 2 N–H and O–H groups in total. The van der Waals surface area contributed by atoms with Crippen molar-refractivity contribution in [3.63, 3.8) is 0 Å². The second-order valence-electron chi connectivity index (χ2n) is 10.1. The van der Waals surface area contributed by atoms with Crippen LogP contribution in [0.1, 0.15) is 46.9 Å². The van der Waals surface area contributed by atoms with Crippen molar-refractivity contribution in [2.45, 2.75) is 32.3 Å². The van der Waals surface area contributed by atoms with Crippen LogP contribution in [0.25, 0.3) is 0 Å². The highest BCUT2D eigenvalue weighted by atomic mass is 19.1. The van der Waals surface area contributed by atoms with E-state index in [1.807, 2.05) is 41.3 Å². The van der Waals surface area contributed by atoms with Crippen LogP contribution >= 0.6 is 0 Å². The van der Waals surface area contributed by atoms with Crippen LogP contribution in [0.4, 0.5) is 4.39 Å². The fourth-order valence-corrected chi connectivity index (χ4v) is 5.82. The summed E-state index contributed by atoms with van der Waals surface area (Å²) in [6.07, 6.45) is 1.56. The number of ketones is 1. The Balaban J connectivity index is 1.64. The van der Waals surface area contributed by atoms with Gasteiger partial charge in [0.25, 0.3) is 0 Å². The van der Waals surface area contributed by atoms with Crippen LogP contribution in [0.3, 0.4) is 0 Å². The van der Waals surface area contributed by atoms with Gasteiger partial charge in [-0.15, -0.1) is 0 Å². The number of ether oxygens (including phenoxy) is 1. The predicted octanol–water partition coefficient (Wildman–Crippen LogP) is 3.78. The van der Waals surface area contributed by atoms with Gasteiger partial charge in [0.05, 0.1) is 12.0 Å². The number of Topliss-reactive ketones (excluding diaryl/α,β-unsaturated/α-hetero) is 1. The van der Waals surface area contributed by atoms with Gasteiger partial charge in [-0.3, -0.25) is 9.59 Å². The molecular formula is C29H37FN2O4. The molecule has 0 radical (unpaired) electrons. The molecule has 2 aliphatic rings. The number of likely N-dealkylation sites (tertiary alicyclic amines) is 1. The number of halogens is 1. The highest BCUT2D eigenvalue weighted by molar-refractivity contribution is 5.98. The van der Waals surface area contributed by atoms with Gasteiger partial charge in [-0.1, -0.05) is 42.5 Å². The van der Waals surface area contributed by atoms with Gasteiger partial charge in [-0.05, 0) is 55.2 Å². The number of piperidine rings is 2. The third-order valence-electron chi connectivity index (χ3n) is 8.09. The molecule has 194 valence electrons. The standard InChI is InChI=1S/C29H37FN2O4/c1-19-22(9-6-10-26(19)30)27(36-2)15-23-24(28(34)21-7-4-3-5-8-21)16-31-17-25(23)29(35)32-13-11-20(18-33)12-14-32/h3-10,20,23-25,27,31,33H,11-18H2,1-2H3/t23-,24+,25-,27?/m1/s1. The van der Waals surface area contributed by atoms with Gasteiger partial charge in [0, 0.05) is 51.4 Å². The largest absolute Gasteiger partial charge is 0.396 e. The summed E-state index contributed by atoms with van der Waals surface area (Å²) in [4.78, 5) is 29.4. The number of carbonyl (C=O) groups is 2. The van der Waals surface area contributed by atoms with E-state index in [1.54, 1.807) is 20.1 Å². The van der Waals surface area contributed by atoms with Crippen molar-refractivity contribution in [3.05, 3.63) is 71.0 Å². The molecule has 36 heavy (non-hydrogen) atoms. The van der Waals surface area contributed by atoms with Gasteiger partial charge >= 0.3 is 0 Å². The molecule has 0 saturated carbocycles. The van der Waals surface area contributed by atoms with Crippen LogP contribution in [0.5, 0.6) is 0 Å². The Morgan fingerprint density at radius 3 is 2.44 bits per heavy atom. The average molecular weight is 497 g/mol. The number of aliphatic hydroxyl groups is 1. The summed E-state index contributed by atoms with van der Waals surface area (Å²) in [5.41, 5.74) is 1.90. The van der Waals surface area contributed by atoms with Crippen LogP contribution < -0.4 is 5.32 Å². The minimum atomic E-state index is -0.440. The van der Waals surface area contributed by atoms with E-state index >= 15 is 0 Å². The van der Waals surface area contributed by atoms with Crippen LogP contribution in [-0.4, -0.2) is 61.6 Å². The van der Waals surface area contributed by atoms with E-state index in [0.29, 0.717) is 43.7 Å². The van der Waals surface area contributed by atoms with Crippen LogP contribution in [0.15, 0.2) is 48.5 Å². The lowest BCUT2D eigenvalue weighted by Gasteiger charge is -2.42. The molecule has 2 fully saturated rings. The molecule has 2 aromatic rings. The van der Waals surface area contributed by atoms with Crippen molar-refractivity contribution in [1.29, 1.82) is 0 Å². The van der Waals surface area contributed by atoms with Crippen LogP contribution in [-0.2, 0) is 9.53 Å². The molecule has 2 saturated heterocycles. The quantitative estimate of drug-likeness (QED) is 0.544. The Morgan fingerprint density at radius 1 is 1.08 bits per heavy atom. The highest BCUT2D eigenvalue weighted by Crippen LogP contribution is 2.39. The SMILES string of the molecule is COC(C[C@@H]1[C@@H](C(=O)c2ccccc2)CNC[C@H]1C(=O)N1CCC(CO)CC1)c1cccc(F)c1C. The molecule has 1 unspecified atom stereocenters. The smallest absolute Gasteiger partial charge is 0.227 e. The summed E-state index contributed by atoms with van der Waals surface area (Å²) < 4.78 is 20.3. The van der Waals surface area contributed by atoms with Crippen molar-refractivity contribution >= 4 is 11.7 Å². The third kappa shape index (κ3) is 5.69. The summed E-state index contributed by atoms with van der Waals surface area (Å²) in [5.74, 6) is -1.08. The molecule has 0 aromatic heterocycles. The van der Waals surface area contributed by atoms with E-state index in [0.717, 1.165) is 18.4 Å². The van der Waals surface area contributed by atoms with E-state index in [2.05, 4.69) is 5.32 Å². The lowest BCUT2D eigenvalue weighted by Crippen LogP contribution is -2.54. The molecule has 1 amide bonds. The molecular weight excluding hydrogens is 459 g/mol. The van der Waals surface area contributed by atoms with Crippen molar-refractivity contribution in [3.8, 4) is 0 Å². The van der Waals surface area contributed by atoms with E-state index in [1.165, 1.54) is 6.07 Å². The van der Waals surface area contributed by atoms with Gasteiger partial charge in [-0.25, -0.2) is 4.39 Å². The van der Waals surface area contributed by atoms with Crippen LogP contribution in [0.2, 0.25) is 0 Å². The second-order valence-corrected chi connectivity index (χ2v) is 10.1. The van der Waals surface area contributed by atoms with E-state index in [9.17, 15) is 19.1 Å². The normalized spacial score (nSPS) is 23.9. The number of hydrogen-bond acceptors (Lipinski definition) is 5. The molecule has 7 heteroatoms. The molecule has 4 rings (SSSR count). The van der Waals surface area contributed by atoms with Crippen molar-refractivity contribution in [2.24, 2.45) is 23.7 Å². The number of aliphatic hydroxyl groups excluding tert-OH is 1. The molecule has 0 aliphatic carbocycles. The van der Waals surface area contributed by atoms with Crippen molar-refractivity contribution < 1.29 is 23.8 Å². The molecule has 6 nitrogen and oxygen atoms in total. The topological polar surface area (TPSA) is 78.9 Å². The number of benzene rings is 2. The summed E-state index contributed by atoms with van der Waals surface area (Å²) in [6, 6.07) is 14.2. The number of hydrogen-bond donors (Lipinski definition) is 2. The lowest BCUT2D eigenvalue weighted by molar-refractivity contribution is -0.141. The Morgan fingerprint density at radius 2 is 1.78 bits per heavy atom. The van der Waals surface area contributed by atoms with E-state index in [-0.39, 0.29) is 36.0 Å². The van der Waals surface area contributed by atoms with Gasteiger partial charge in [0.1, 0.15) is 5.82 Å². The number of carbonyl (C=O) groups excluding carboxylic acids is 2. The molecule has 0 bridgehead atoms. The first-order chi connectivity index (χ1) is 17.4. The first kappa shape index (κ1) is 26.5. The maximum atomic E-state index is 14.4. The highest BCUT2D eigenvalue weighted by Gasteiger charge is 2.44. The Labute approximate surface area is 212 Å². The number of methoxy groups -OCH3 is 1. The monoisotopic (exact) mass is 496 g/mol. The number of rotatable bonds is 8. The molecule has 0 spiro atoms. The number of amides is 1. The van der Waals surface area contributed by atoms with E-state index < -0.39 is 17.9 Å². The Kier molecular flexibility index (Phi) is 8.88. The van der Waals surface area contributed by atoms with Gasteiger partial charge in [0.2, 0.25) is 5.91 Å². The van der Waals surface area contributed by atoms with Crippen LogP contribution in [0, 0.1) is 36.4 Å². The maximum Gasteiger partial charge on any atom is 0.227 e. The molecule has 2 aliphatic heterocycles. The zero-order valence-electron chi connectivity index (χ0n) is 21.2. The average Bonchev–Trinajstić information content (AvgIpc) is 2.93. The second kappa shape index (κ2) is 12.1. The minimum Gasteiger partial charge on any atom is -0.396 e.